The number of anilines is 2. The minimum Gasteiger partial charge on any atom is -0.457 e. The molecule has 0 aliphatic heterocycles. The van der Waals surface area contributed by atoms with Gasteiger partial charge in [0.1, 0.15) is 23.1 Å². The number of halogens is 3. The maximum atomic E-state index is 12.4. The van der Waals surface area contributed by atoms with E-state index >= 15 is 0 Å². The highest BCUT2D eigenvalue weighted by Gasteiger charge is 2.31. The van der Waals surface area contributed by atoms with E-state index in [1.54, 1.807) is 23.0 Å². The molecule has 0 saturated heterocycles. The molecule has 6 nitrogen and oxygen atoms in total. The smallest absolute Gasteiger partial charge is 0.457 e. The largest absolute Gasteiger partial charge is 0.573 e. The molecule has 1 N–H and O–H groups in total. The second-order valence-electron chi connectivity index (χ2n) is 7.28. The van der Waals surface area contributed by atoms with Gasteiger partial charge >= 0.3 is 6.36 Å². The number of nitrogens with zero attached hydrogens (tertiary/aromatic N) is 3. The maximum absolute atomic E-state index is 12.4. The average Bonchev–Trinajstić information content (AvgIpc) is 3.24. The van der Waals surface area contributed by atoms with Gasteiger partial charge < -0.3 is 14.8 Å². The van der Waals surface area contributed by atoms with Crippen LogP contribution in [0.2, 0.25) is 0 Å². The molecule has 2 heterocycles. The Hall–Kier alpha value is -4.53. The van der Waals surface area contributed by atoms with Crippen LogP contribution in [0.15, 0.2) is 97.3 Å². The molecule has 0 spiro atoms. The molecular weight excluding hydrogens is 445 g/mol. The van der Waals surface area contributed by atoms with E-state index < -0.39 is 6.36 Å². The SMILES string of the molecule is FC(F)(F)Oc1ccc(-c2cnn3ccc(Nc4ccc(Oc5ccccc5)cc4)nc23)cc1. The molecule has 9 heteroatoms. The molecule has 0 unspecified atom stereocenters. The molecule has 0 saturated carbocycles. The van der Waals surface area contributed by atoms with Gasteiger partial charge in [0.05, 0.1) is 6.20 Å². The molecule has 170 valence electrons. The van der Waals surface area contributed by atoms with Crippen LogP contribution in [0.3, 0.4) is 0 Å². The van der Waals surface area contributed by atoms with Gasteiger partial charge in [-0.1, -0.05) is 30.3 Å². The molecule has 3 aromatic carbocycles. The molecular formula is C25H17F3N4O2. The predicted octanol–water partition coefficient (Wildman–Crippen LogP) is 6.83. The highest BCUT2D eigenvalue weighted by molar-refractivity contribution is 5.78. The summed E-state index contributed by atoms with van der Waals surface area (Å²) in [7, 11) is 0. The van der Waals surface area contributed by atoms with E-state index in [0.29, 0.717) is 28.3 Å². The van der Waals surface area contributed by atoms with Crippen molar-refractivity contribution in [2.75, 3.05) is 5.32 Å². The summed E-state index contributed by atoms with van der Waals surface area (Å²) in [6.07, 6.45) is -1.37. The van der Waals surface area contributed by atoms with Gasteiger partial charge in [0, 0.05) is 17.4 Å². The number of alkyl halides is 3. The number of ether oxygens (including phenoxy) is 2. The zero-order valence-corrected chi connectivity index (χ0v) is 17.5. The van der Waals surface area contributed by atoms with Gasteiger partial charge in [-0.25, -0.2) is 9.50 Å². The summed E-state index contributed by atoms with van der Waals surface area (Å²) in [6, 6.07) is 24.3. The van der Waals surface area contributed by atoms with Crippen molar-refractivity contribution >= 4 is 17.2 Å². The second kappa shape index (κ2) is 8.78. The third-order valence-electron chi connectivity index (χ3n) is 4.87. The molecule has 0 radical (unpaired) electrons. The van der Waals surface area contributed by atoms with Crippen LogP contribution in [-0.4, -0.2) is 21.0 Å². The van der Waals surface area contributed by atoms with Crippen molar-refractivity contribution in [1.82, 2.24) is 14.6 Å². The number of nitrogens with one attached hydrogen (secondary N) is 1. The Labute approximate surface area is 192 Å². The molecule has 0 atom stereocenters. The molecule has 0 aliphatic carbocycles. The summed E-state index contributed by atoms with van der Waals surface area (Å²) in [6.45, 7) is 0. The van der Waals surface area contributed by atoms with Crippen LogP contribution in [-0.2, 0) is 0 Å². The Kier molecular flexibility index (Phi) is 5.51. The van der Waals surface area contributed by atoms with Gasteiger partial charge in [-0.05, 0) is 60.2 Å². The summed E-state index contributed by atoms with van der Waals surface area (Å²) < 4.78 is 48.6. The summed E-state index contributed by atoms with van der Waals surface area (Å²) in [5.41, 5.74) is 2.70. The number of fused-ring (bicyclic) bond motifs is 1. The fraction of sp³-hybridized carbons (Fsp3) is 0.0400. The maximum Gasteiger partial charge on any atom is 0.573 e. The highest BCUT2D eigenvalue weighted by Crippen LogP contribution is 2.29. The number of rotatable bonds is 6. The van der Waals surface area contributed by atoms with Crippen LogP contribution in [0.1, 0.15) is 0 Å². The zero-order chi connectivity index (χ0) is 23.5. The third kappa shape index (κ3) is 4.93. The first-order chi connectivity index (χ1) is 16.4. The van der Waals surface area contributed by atoms with Crippen molar-refractivity contribution in [3.8, 4) is 28.4 Å². The number of aromatic nitrogens is 3. The second-order valence-corrected chi connectivity index (χ2v) is 7.28. The van der Waals surface area contributed by atoms with Crippen LogP contribution in [0.25, 0.3) is 16.8 Å². The number of hydrogen-bond acceptors (Lipinski definition) is 5. The lowest BCUT2D eigenvalue weighted by Crippen LogP contribution is -2.16. The molecule has 5 aromatic rings. The number of hydrogen-bond donors (Lipinski definition) is 1. The normalized spacial score (nSPS) is 11.4. The molecule has 5 rings (SSSR count). The van der Waals surface area contributed by atoms with Gasteiger partial charge in [-0.2, -0.15) is 5.10 Å². The zero-order valence-electron chi connectivity index (χ0n) is 17.5. The molecule has 0 fully saturated rings. The minimum absolute atomic E-state index is 0.289. The monoisotopic (exact) mass is 462 g/mol. The number of benzene rings is 3. The van der Waals surface area contributed by atoms with Crippen LogP contribution < -0.4 is 14.8 Å². The van der Waals surface area contributed by atoms with Gasteiger partial charge in [0.25, 0.3) is 0 Å². The van der Waals surface area contributed by atoms with E-state index in [2.05, 4.69) is 20.1 Å². The van der Waals surface area contributed by atoms with Crippen molar-refractivity contribution in [1.29, 1.82) is 0 Å². The lowest BCUT2D eigenvalue weighted by molar-refractivity contribution is -0.274. The van der Waals surface area contributed by atoms with E-state index in [-0.39, 0.29) is 5.75 Å². The summed E-state index contributed by atoms with van der Waals surface area (Å²) in [4.78, 5) is 4.63. The fourth-order valence-corrected chi connectivity index (χ4v) is 3.36. The van der Waals surface area contributed by atoms with E-state index in [0.717, 1.165) is 11.4 Å². The lowest BCUT2D eigenvalue weighted by Gasteiger charge is -2.10. The summed E-state index contributed by atoms with van der Waals surface area (Å²) in [5.74, 6) is 1.75. The van der Waals surface area contributed by atoms with Gasteiger partial charge in [0.2, 0.25) is 0 Å². The fourth-order valence-electron chi connectivity index (χ4n) is 3.36. The summed E-state index contributed by atoms with van der Waals surface area (Å²) >= 11 is 0. The topological polar surface area (TPSA) is 60.7 Å². The van der Waals surface area contributed by atoms with Gasteiger partial charge in [-0.3, -0.25) is 0 Å². The van der Waals surface area contributed by atoms with Gasteiger partial charge in [0.15, 0.2) is 5.65 Å². The van der Waals surface area contributed by atoms with Gasteiger partial charge in [-0.15, -0.1) is 13.2 Å². The molecule has 0 aliphatic rings. The van der Waals surface area contributed by atoms with Crippen LogP contribution >= 0.6 is 0 Å². The molecule has 34 heavy (non-hydrogen) atoms. The Morgan fingerprint density at radius 3 is 2.15 bits per heavy atom. The van der Waals surface area contributed by atoms with Crippen LogP contribution in [0, 0.1) is 0 Å². The first kappa shape index (κ1) is 21.3. The van der Waals surface area contributed by atoms with Crippen molar-refractivity contribution in [3.05, 3.63) is 97.3 Å². The predicted molar refractivity (Wildman–Crippen MR) is 121 cm³/mol. The van der Waals surface area contributed by atoms with Crippen molar-refractivity contribution in [3.63, 3.8) is 0 Å². The molecule has 2 aromatic heterocycles. The first-order valence-corrected chi connectivity index (χ1v) is 10.2. The lowest BCUT2D eigenvalue weighted by atomic mass is 10.1. The average molecular weight is 462 g/mol. The highest BCUT2D eigenvalue weighted by atomic mass is 19.4. The first-order valence-electron chi connectivity index (χ1n) is 10.2. The van der Waals surface area contributed by atoms with E-state index in [4.69, 9.17) is 4.74 Å². The number of para-hydroxylation sites is 1. The Morgan fingerprint density at radius 1 is 0.765 bits per heavy atom. The van der Waals surface area contributed by atoms with Crippen molar-refractivity contribution < 1.29 is 22.6 Å². The quantitative estimate of drug-likeness (QED) is 0.300. The van der Waals surface area contributed by atoms with Crippen LogP contribution in [0.5, 0.6) is 17.2 Å². The third-order valence-corrected chi connectivity index (χ3v) is 4.87. The molecule has 0 bridgehead atoms. The van der Waals surface area contributed by atoms with E-state index in [9.17, 15) is 13.2 Å². The summed E-state index contributed by atoms with van der Waals surface area (Å²) in [5, 5.41) is 7.51. The minimum atomic E-state index is -4.74. The standard InChI is InChI=1S/C25H17F3N4O2/c26-25(27,28)34-21-10-6-17(7-11-21)22-16-29-32-15-14-23(31-24(22)32)30-18-8-12-20(13-9-18)33-19-4-2-1-3-5-19/h1-16H,(H,30,31). The van der Waals surface area contributed by atoms with E-state index in [1.807, 2.05) is 54.6 Å². The Bertz CT molecular complexity index is 1400. The van der Waals surface area contributed by atoms with Crippen molar-refractivity contribution in [2.45, 2.75) is 6.36 Å². The Morgan fingerprint density at radius 2 is 1.44 bits per heavy atom. The molecule has 0 amide bonds. The van der Waals surface area contributed by atoms with Crippen LogP contribution in [0.4, 0.5) is 24.7 Å². The Balaban J connectivity index is 1.34. The van der Waals surface area contributed by atoms with Crippen molar-refractivity contribution in [2.24, 2.45) is 0 Å². The van der Waals surface area contributed by atoms with E-state index in [1.165, 1.54) is 24.3 Å².